The normalized spacial score (nSPS) is 10.7. The van der Waals surface area contributed by atoms with Crippen molar-refractivity contribution in [1.29, 1.82) is 0 Å². The zero-order valence-electron chi connectivity index (χ0n) is 11.9. The number of benzene rings is 2. The molecular weight excluding hydrogens is 244 g/mol. The highest BCUT2D eigenvalue weighted by Gasteiger charge is 2.03. The first-order valence-electron chi connectivity index (χ1n) is 6.88. The Hall–Kier alpha value is -2.35. The van der Waals surface area contributed by atoms with Gasteiger partial charge in [0.25, 0.3) is 0 Å². The molecule has 2 heteroatoms. The van der Waals surface area contributed by atoms with Crippen LogP contribution in [-0.4, -0.2) is 4.98 Å². The van der Waals surface area contributed by atoms with E-state index in [1.165, 1.54) is 22.1 Å². The number of aromatic nitrogens is 1. The Morgan fingerprint density at radius 3 is 2.50 bits per heavy atom. The van der Waals surface area contributed by atoms with E-state index >= 15 is 0 Å². The van der Waals surface area contributed by atoms with E-state index < -0.39 is 0 Å². The van der Waals surface area contributed by atoms with Crippen molar-refractivity contribution in [3.05, 3.63) is 71.3 Å². The summed E-state index contributed by atoms with van der Waals surface area (Å²) in [6, 6.07) is 19.0. The lowest BCUT2D eigenvalue weighted by Gasteiger charge is -2.10. The van der Waals surface area contributed by atoms with Gasteiger partial charge in [0.1, 0.15) is 5.82 Å². The van der Waals surface area contributed by atoms with Gasteiger partial charge in [-0.3, -0.25) is 0 Å². The van der Waals surface area contributed by atoms with E-state index in [9.17, 15) is 0 Å². The van der Waals surface area contributed by atoms with Crippen LogP contribution in [0.25, 0.3) is 10.9 Å². The van der Waals surface area contributed by atoms with Crippen LogP contribution < -0.4 is 5.32 Å². The Bertz CT molecular complexity index is 730. The molecule has 20 heavy (non-hydrogen) atoms. The molecule has 3 aromatic rings. The van der Waals surface area contributed by atoms with Crippen LogP contribution in [0, 0.1) is 13.8 Å². The van der Waals surface area contributed by atoms with Crippen molar-refractivity contribution in [3.8, 4) is 0 Å². The van der Waals surface area contributed by atoms with Gasteiger partial charge in [-0.25, -0.2) is 4.98 Å². The first kappa shape index (κ1) is 12.7. The summed E-state index contributed by atoms with van der Waals surface area (Å²) in [6.45, 7) is 5.00. The maximum atomic E-state index is 4.70. The smallest absolute Gasteiger partial charge is 0.129 e. The van der Waals surface area contributed by atoms with Crippen molar-refractivity contribution < 1.29 is 0 Å². The number of para-hydroxylation sites is 1. The van der Waals surface area contributed by atoms with Crippen LogP contribution in [0.3, 0.4) is 0 Å². The molecule has 0 fully saturated rings. The Labute approximate surface area is 119 Å². The van der Waals surface area contributed by atoms with Gasteiger partial charge in [-0.05, 0) is 37.1 Å². The number of fused-ring (bicyclic) bond motifs is 1. The number of hydrogen-bond donors (Lipinski definition) is 1. The summed E-state index contributed by atoms with van der Waals surface area (Å²) in [6.07, 6.45) is 0. The van der Waals surface area contributed by atoms with Crippen molar-refractivity contribution >= 4 is 16.7 Å². The topological polar surface area (TPSA) is 24.9 Å². The fraction of sp³-hybridized carbons (Fsp3) is 0.167. The van der Waals surface area contributed by atoms with Crippen molar-refractivity contribution in [2.45, 2.75) is 20.4 Å². The molecule has 2 aromatic carbocycles. The van der Waals surface area contributed by atoms with E-state index in [2.05, 4.69) is 55.6 Å². The molecule has 0 saturated carbocycles. The minimum Gasteiger partial charge on any atom is -0.366 e. The lowest BCUT2D eigenvalue weighted by Crippen LogP contribution is -2.03. The van der Waals surface area contributed by atoms with E-state index in [1.54, 1.807) is 0 Å². The van der Waals surface area contributed by atoms with Crippen molar-refractivity contribution in [3.63, 3.8) is 0 Å². The van der Waals surface area contributed by atoms with Crippen LogP contribution >= 0.6 is 0 Å². The van der Waals surface area contributed by atoms with Gasteiger partial charge in [0, 0.05) is 11.9 Å². The van der Waals surface area contributed by atoms with Crippen LogP contribution in [0.4, 0.5) is 5.82 Å². The number of nitrogens with one attached hydrogen (secondary N) is 1. The number of pyridine rings is 1. The minimum atomic E-state index is 0.798. The molecule has 3 rings (SSSR count). The quantitative estimate of drug-likeness (QED) is 0.753. The summed E-state index contributed by atoms with van der Waals surface area (Å²) in [5.41, 5.74) is 4.76. The van der Waals surface area contributed by atoms with Crippen LogP contribution in [0.2, 0.25) is 0 Å². The van der Waals surface area contributed by atoms with E-state index in [1.807, 2.05) is 18.2 Å². The average Bonchev–Trinajstić information content (AvgIpc) is 2.47. The van der Waals surface area contributed by atoms with Gasteiger partial charge in [0.15, 0.2) is 0 Å². The lowest BCUT2D eigenvalue weighted by molar-refractivity contribution is 1.11. The molecule has 0 aliphatic carbocycles. The van der Waals surface area contributed by atoms with Gasteiger partial charge in [0.05, 0.1) is 5.52 Å². The molecule has 0 unspecified atom stereocenters. The first-order valence-corrected chi connectivity index (χ1v) is 6.88. The summed E-state index contributed by atoms with van der Waals surface area (Å²) in [5.74, 6) is 0.962. The molecule has 1 aromatic heterocycles. The number of rotatable bonds is 3. The second-order valence-electron chi connectivity index (χ2n) is 5.19. The third-order valence-corrected chi connectivity index (χ3v) is 3.50. The largest absolute Gasteiger partial charge is 0.366 e. The summed E-state index contributed by atoms with van der Waals surface area (Å²) in [5, 5.41) is 4.62. The number of aryl methyl sites for hydroxylation is 2. The minimum absolute atomic E-state index is 0.798. The van der Waals surface area contributed by atoms with Crippen LogP contribution in [0.1, 0.15) is 16.7 Å². The Morgan fingerprint density at radius 1 is 0.950 bits per heavy atom. The summed E-state index contributed by atoms with van der Waals surface area (Å²) in [4.78, 5) is 4.70. The lowest BCUT2D eigenvalue weighted by atomic mass is 10.1. The molecule has 0 spiro atoms. The van der Waals surface area contributed by atoms with Gasteiger partial charge in [-0.2, -0.15) is 0 Å². The maximum absolute atomic E-state index is 4.70. The third-order valence-electron chi connectivity index (χ3n) is 3.50. The molecule has 0 aliphatic heterocycles. The molecule has 1 heterocycles. The average molecular weight is 262 g/mol. The summed E-state index contributed by atoms with van der Waals surface area (Å²) in [7, 11) is 0. The monoisotopic (exact) mass is 262 g/mol. The van der Waals surface area contributed by atoms with Gasteiger partial charge >= 0.3 is 0 Å². The highest BCUT2D eigenvalue weighted by Crippen LogP contribution is 2.20. The standard InChI is InChI=1S/C18H18N2/c1-13-7-9-15(10-8-13)12-19-18-14(2)11-16-5-3-4-6-17(16)20-18/h3-11H,12H2,1-2H3,(H,19,20). The predicted octanol–water partition coefficient (Wildman–Crippen LogP) is 4.46. The molecule has 0 amide bonds. The van der Waals surface area contributed by atoms with Crippen LogP contribution in [0.15, 0.2) is 54.6 Å². The van der Waals surface area contributed by atoms with Crippen molar-refractivity contribution in [2.75, 3.05) is 5.32 Å². The fourth-order valence-electron chi connectivity index (χ4n) is 2.29. The third kappa shape index (κ3) is 2.64. The Balaban J connectivity index is 1.83. The van der Waals surface area contributed by atoms with Crippen LogP contribution in [-0.2, 0) is 6.54 Å². The predicted molar refractivity (Wildman–Crippen MR) is 85.0 cm³/mol. The highest BCUT2D eigenvalue weighted by molar-refractivity contribution is 5.81. The number of nitrogens with zero attached hydrogens (tertiary/aromatic N) is 1. The van der Waals surface area contributed by atoms with Gasteiger partial charge in [0.2, 0.25) is 0 Å². The second kappa shape index (κ2) is 5.33. The maximum Gasteiger partial charge on any atom is 0.129 e. The van der Waals surface area contributed by atoms with Crippen LogP contribution in [0.5, 0.6) is 0 Å². The molecule has 1 N–H and O–H groups in total. The molecule has 0 atom stereocenters. The fourth-order valence-corrected chi connectivity index (χ4v) is 2.29. The van der Waals surface area contributed by atoms with E-state index in [-0.39, 0.29) is 0 Å². The second-order valence-corrected chi connectivity index (χ2v) is 5.19. The van der Waals surface area contributed by atoms with Gasteiger partial charge < -0.3 is 5.32 Å². The van der Waals surface area contributed by atoms with Gasteiger partial charge in [-0.1, -0.05) is 48.0 Å². The first-order chi connectivity index (χ1) is 9.72. The molecule has 0 aliphatic rings. The van der Waals surface area contributed by atoms with E-state index in [0.717, 1.165) is 17.9 Å². The Morgan fingerprint density at radius 2 is 1.70 bits per heavy atom. The zero-order valence-corrected chi connectivity index (χ0v) is 11.9. The molecule has 0 saturated heterocycles. The van der Waals surface area contributed by atoms with E-state index in [0.29, 0.717) is 0 Å². The Kier molecular flexibility index (Phi) is 3.38. The van der Waals surface area contributed by atoms with Gasteiger partial charge in [-0.15, -0.1) is 0 Å². The zero-order chi connectivity index (χ0) is 13.9. The number of anilines is 1. The van der Waals surface area contributed by atoms with E-state index in [4.69, 9.17) is 4.98 Å². The SMILES string of the molecule is Cc1ccc(CNc2nc3ccccc3cc2C)cc1. The van der Waals surface area contributed by atoms with Crippen molar-refractivity contribution in [2.24, 2.45) is 0 Å². The molecule has 2 nitrogen and oxygen atoms in total. The molecular formula is C18H18N2. The highest BCUT2D eigenvalue weighted by atomic mass is 15.0. The molecule has 0 radical (unpaired) electrons. The van der Waals surface area contributed by atoms with Crippen molar-refractivity contribution in [1.82, 2.24) is 4.98 Å². The summed E-state index contributed by atoms with van der Waals surface area (Å²) < 4.78 is 0. The number of hydrogen-bond acceptors (Lipinski definition) is 2. The summed E-state index contributed by atoms with van der Waals surface area (Å²) >= 11 is 0. The molecule has 100 valence electrons. The molecule has 0 bridgehead atoms.